The lowest BCUT2D eigenvalue weighted by atomic mass is 9.95. The molecule has 0 unspecified atom stereocenters. The zero-order valence-corrected chi connectivity index (χ0v) is 12.2. The van der Waals surface area contributed by atoms with Crippen molar-refractivity contribution in [3.63, 3.8) is 0 Å². The molecule has 1 aromatic rings. The van der Waals surface area contributed by atoms with E-state index in [0.717, 1.165) is 0 Å². The van der Waals surface area contributed by atoms with Crippen molar-refractivity contribution in [2.45, 2.75) is 13.8 Å². The summed E-state index contributed by atoms with van der Waals surface area (Å²) in [6, 6.07) is 6.22. The van der Waals surface area contributed by atoms with Crippen LogP contribution in [0.15, 0.2) is 24.3 Å². The average Bonchev–Trinajstić information content (AvgIpc) is 2.27. The molecule has 1 rings (SSSR count). The van der Waals surface area contributed by atoms with Crippen molar-refractivity contribution in [3.8, 4) is 0 Å². The molecule has 0 spiro atoms. The number of halogens is 1. The minimum absolute atomic E-state index is 0.175. The van der Waals surface area contributed by atoms with Crippen LogP contribution in [0.25, 0.3) is 0 Å². The molecule has 0 aliphatic heterocycles. The first-order valence-corrected chi connectivity index (χ1v) is 7.50. The molecule has 1 amide bonds. The molecule has 0 fully saturated rings. The predicted molar refractivity (Wildman–Crippen MR) is 76.3 cm³/mol. The molecule has 0 saturated carbocycles. The molecular weight excluding hydrogens is 290 g/mol. The number of anilines is 2. The van der Waals surface area contributed by atoms with E-state index in [0.29, 0.717) is 5.69 Å². The molecule has 1 aromatic carbocycles. The third-order valence-electron chi connectivity index (χ3n) is 2.33. The third-order valence-corrected chi connectivity index (χ3v) is 3.52. The fraction of sp³-hybridized carbons (Fsp3) is 0.364. The second-order valence-corrected chi connectivity index (χ2v) is 6.26. The number of alkyl halides is 1. The maximum Gasteiger partial charge on any atom is 0.296 e. The van der Waals surface area contributed by atoms with E-state index in [4.69, 9.17) is 16.7 Å². The summed E-state index contributed by atoms with van der Waals surface area (Å²) in [5, 5.41) is 7.53. The Morgan fingerprint density at radius 2 is 1.95 bits per heavy atom. The van der Waals surface area contributed by atoms with Gasteiger partial charge >= 0.3 is 0 Å². The Morgan fingerprint density at radius 1 is 1.37 bits per heavy atom. The topological polar surface area (TPSA) is 101 Å². The maximum absolute atomic E-state index is 11.9. The normalized spacial score (nSPS) is 12.0. The zero-order chi connectivity index (χ0) is 14.7. The van der Waals surface area contributed by atoms with Crippen LogP contribution in [-0.4, -0.2) is 20.2 Å². The van der Waals surface area contributed by atoms with Gasteiger partial charge in [-0.05, 0) is 32.0 Å². The van der Waals surface area contributed by atoms with Crippen molar-refractivity contribution >= 4 is 39.1 Å². The lowest BCUT2D eigenvalue weighted by molar-refractivity contribution is -0.122. The van der Waals surface area contributed by atoms with Crippen molar-refractivity contribution in [3.05, 3.63) is 24.3 Å². The minimum atomic E-state index is -3.84. The summed E-state index contributed by atoms with van der Waals surface area (Å²) >= 11 is 5.70. The number of nitrogens with two attached hydrogens (primary N) is 1. The van der Waals surface area contributed by atoms with E-state index >= 15 is 0 Å². The highest BCUT2D eigenvalue weighted by atomic mass is 35.5. The largest absolute Gasteiger partial charge is 0.326 e. The Balaban J connectivity index is 2.87. The summed E-state index contributed by atoms with van der Waals surface area (Å²) in [7, 11) is -3.84. The van der Waals surface area contributed by atoms with Gasteiger partial charge in [-0.1, -0.05) is 6.07 Å². The molecule has 0 saturated heterocycles. The molecule has 0 aliphatic carbocycles. The molecular formula is C11H16ClN3O3S. The number of nitrogens with one attached hydrogen (secondary N) is 2. The van der Waals surface area contributed by atoms with Crippen LogP contribution in [0.2, 0.25) is 0 Å². The summed E-state index contributed by atoms with van der Waals surface area (Å²) in [5.74, 6) is -0.0798. The first-order chi connectivity index (χ1) is 8.64. The number of carbonyl (C=O) groups is 1. The van der Waals surface area contributed by atoms with E-state index in [1.165, 1.54) is 12.1 Å². The SMILES string of the molecule is CC(C)(CCl)C(=O)Nc1cccc(NS(N)(=O)=O)c1. The summed E-state index contributed by atoms with van der Waals surface area (Å²) in [6.45, 7) is 3.42. The monoisotopic (exact) mass is 305 g/mol. The Kier molecular flexibility index (Phi) is 4.78. The lowest BCUT2D eigenvalue weighted by Gasteiger charge is -2.20. The molecule has 0 radical (unpaired) electrons. The van der Waals surface area contributed by atoms with Crippen LogP contribution in [0.3, 0.4) is 0 Å². The van der Waals surface area contributed by atoms with Crippen LogP contribution in [0.5, 0.6) is 0 Å². The molecule has 0 heterocycles. The van der Waals surface area contributed by atoms with Crippen molar-refractivity contribution < 1.29 is 13.2 Å². The van der Waals surface area contributed by atoms with Gasteiger partial charge in [-0.2, -0.15) is 8.42 Å². The molecule has 0 atom stereocenters. The number of amides is 1. The number of benzene rings is 1. The summed E-state index contributed by atoms with van der Waals surface area (Å²) < 4.78 is 23.9. The van der Waals surface area contributed by atoms with Gasteiger partial charge in [-0.3, -0.25) is 9.52 Å². The van der Waals surface area contributed by atoms with Crippen LogP contribution < -0.4 is 15.2 Å². The van der Waals surface area contributed by atoms with Gasteiger partial charge in [0.05, 0.1) is 11.1 Å². The van der Waals surface area contributed by atoms with Gasteiger partial charge < -0.3 is 5.32 Å². The van der Waals surface area contributed by atoms with Crippen LogP contribution in [0.1, 0.15) is 13.8 Å². The Morgan fingerprint density at radius 3 is 2.47 bits per heavy atom. The van der Waals surface area contributed by atoms with Crippen LogP contribution in [0.4, 0.5) is 11.4 Å². The quantitative estimate of drug-likeness (QED) is 0.718. The fourth-order valence-electron chi connectivity index (χ4n) is 1.19. The molecule has 19 heavy (non-hydrogen) atoms. The van der Waals surface area contributed by atoms with Gasteiger partial charge in [0.2, 0.25) is 5.91 Å². The number of carbonyl (C=O) groups excluding carboxylic acids is 1. The Hall–Kier alpha value is -1.31. The number of hydrogen-bond acceptors (Lipinski definition) is 3. The first kappa shape index (κ1) is 15.7. The zero-order valence-electron chi connectivity index (χ0n) is 10.6. The molecule has 0 aliphatic rings. The van der Waals surface area contributed by atoms with Crippen LogP contribution in [0, 0.1) is 5.41 Å². The highest BCUT2D eigenvalue weighted by Gasteiger charge is 2.26. The first-order valence-electron chi connectivity index (χ1n) is 5.42. The van der Waals surface area contributed by atoms with Crippen LogP contribution in [-0.2, 0) is 15.0 Å². The minimum Gasteiger partial charge on any atom is -0.326 e. The van der Waals surface area contributed by atoms with E-state index in [9.17, 15) is 13.2 Å². The molecule has 6 nitrogen and oxygen atoms in total. The smallest absolute Gasteiger partial charge is 0.296 e. The lowest BCUT2D eigenvalue weighted by Crippen LogP contribution is -2.32. The Labute approximate surface area is 117 Å². The van der Waals surface area contributed by atoms with Gasteiger partial charge in [0, 0.05) is 11.6 Å². The summed E-state index contributed by atoms with van der Waals surface area (Å²) in [5.41, 5.74) is 0.00565. The van der Waals surface area contributed by atoms with Crippen molar-refractivity contribution in [2.24, 2.45) is 10.6 Å². The fourth-order valence-corrected chi connectivity index (χ4v) is 1.76. The molecule has 4 N–H and O–H groups in total. The Bertz CT molecular complexity index is 572. The van der Waals surface area contributed by atoms with E-state index in [1.54, 1.807) is 26.0 Å². The van der Waals surface area contributed by atoms with Gasteiger partial charge in [0.15, 0.2) is 0 Å². The van der Waals surface area contributed by atoms with E-state index in [-0.39, 0.29) is 17.5 Å². The van der Waals surface area contributed by atoms with Gasteiger partial charge in [0.25, 0.3) is 10.2 Å². The number of rotatable bonds is 5. The highest BCUT2D eigenvalue weighted by Crippen LogP contribution is 2.22. The van der Waals surface area contributed by atoms with Gasteiger partial charge in [-0.15, -0.1) is 11.6 Å². The second-order valence-electron chi connectivity index (χ2n) is 4.70. The second kappa shape index (κ2) is 5.77. The standard InChI is InChI=1S/C11H16ClN3O3S/c1-11(2,7-12)10(16)14-8-4-3-5-9(6-8)15-19(13,17)18/h3-6,15H,7H2,1-2H3,(H,14,16)(H2,13,17,18). The van der Waals surface area contributed by atoms with E-state index in [2.05, 4.69) is 10.0 Å². The van der Waals surface area contributed by atoms with Crippen LogP contribution >= 0.6 is 11.6 Å². The molecule has 106 valence electrons. The van der Waals surface area contributed by atoms with E-state index < -0.39 is 15.6 Å². The predicted octanol–water partition coefficient (Wildman–Crippen LogP) is 1.51. The number of hydrogen-bond donors (Lipinski definition) is 3. The summed E-state index contributed by atoms with van der Waals surface area (Å²) in [6.07, 6.45) is 0. The summed E-state index contributed by atoms with van der Waals surface area (Å²) in [4.78, 5) is 11.9. The van der Waals surface area contributed by atoms with Gasteiger partial charge in [0.1, 0.15) is 0 Å². The maximum atomic E-state index is 11.9. The molecule has 0 aromatic heterocycles. The van der Waals surface area contributed by atoms with Crippen molar-refractivity contribution in [2.75, 3.05) is 15.9 Å². The van der Waals surface area contributed by atoms with Gasteiger partial charge in [-0.25, -0.2) is 5.14 Å². The molecule has 8 heteroatoms. The van der Waals surface area contributed by atoms with Crippen molar-refractivity contribution in [1.29, 1.82) is 0 Å². The highest BCUT2D eigenvalue weighted by molar-refractivity contribution is 7.90. The van der Waals surface area contributed by atoms with E-state index in [1.807, 2.05) is 0 Å². The average molecular weight is 306 g/mol. The van der Waals surface area contributed by atoms with Crippen molar-refractivity contribution in [1.82, 2.24) is 0 Å². The molecule has 0 bridgehead atoms. The third kappa shape index (κ3) is 5.06.